The van der Waals surface area contributed by atoms with Gasteiger partial charge in [0, 0.05) is 10.6 Å². The summed E-state index contributed by atoms with van der Waals surface area (Å²) in [5.74, 6) is -5.25. The predicted molar refractivity (Wildman–Crippen MR) is 114 cm³/mol. The lowest BCUT2D eigenvalue weighted by Crippen LogP contribution is -2.19. The van der Waals surface area contributed by atoms with Crippen molar-refractivity contribution in [3.63, 3.8) is 0 Å². The number of carboxylic acids is 1. The first-order valence-electron chi connectivity index (χ1n) is 8.99. The summed E-state index contributed by atoms with van der Waals surface area (Å²) in [5, 5.41) is 11.0. The van der Waals surface area contributed by atoms with Gasteiger partial charge in [-0.3, -0.25) is 4.79 Å². The molecule has 31 heavy (non-hydrogen) atoms. The number of aromatic carboxylic acids is 1. The van der Waals surface area contributed by atoms with Crippen LogP contribution in [0.5, 0.6) is 5.75 Å². The number of amides is 1. The molecule has 3 aromatic rings. The molecule has 0 saturated carbocycles. The van der Waals surface area contributed by atoms with Gasteiger partial charge in [-0.05, 0) is 30.7 Å². The zero-order chi connectivity index (χ0) is 22.7. The average molecular weight is 466 g/mol. The summed E-state index contributed by atoms with van der Waals surface area (Å²) in [7, 11) is 0. The van der Waals surface area contributed by atoms with E-state index in [9.17, 15) is 14.7 Å². The van der Waals surface area contributed by atoms with E-state index >= 15 is 8.78 Å². The Labute approximate surface area is 186 Å². The van der Waals surface area contributed by atoms with Crippen LogP contribution in [-0.2, 0) is 0 Å². The Morgan fingerprint density at radius 1 is 1.03 bits per heavy atom. The number of carbonyl (C=O) groups excluding carboxylic acids is 1. The minimum absolute atomic E-state index is 0.00824. The van der Waals surface area contributed by atoms with Crippen molar-refractivity contribution in [2.45, 2.75) is 6.92 Å². The van der Waals surface area contributed by atoms with E-state index in [1.807, 2.05) is 0 Å². The molecule has 0 spiro atoms. The van der Waals surface area contributed by atoms with Gasteiger partial charge in [0.2, 0.25) is 0 Å². The van der Waals surface area contributed by atoms with Crippen LogP contribution in [0.4, 0.5) is 14.5 Å². The van der Waals surface area contributed by atoms with Gasteiger partial charge in [-0.1, -0.05) is 53.5 Å². The number of hydrogen-bond acceptors (Lipinski definition) is 3. The largest absolute Gasteiger partial charge is 0.490 e. The van der Waals surface area contributed by atoms with E-state index in [2.05, 4.69) is 5.32 Å². The van der Waals surface area contributed by atoms with Crippen LogP contribution in [0, 0.1) is 11.6 Å². The fourth-order valence-corrected chi connectivity index (χ4v) is 3.42. The highest BCUT2D eigenvalue weighted by Gasteiger charge is 2.28. The zero-order valence-corrected chi connectivity index (χ0v) is 17.5. The molecular formula is C22H15Cl2F2NO4. The number of carbonyl (C=O) groups is 2. The Kier molecular flexibility index (Phi) is 6.77. The van der Waals surface area contributed by atoms with Gasteiger partial charge in [0.15, 0.2) is 17.4 Å². The molecule has 0 aromatic heterocycles. The minimum atomic E-state index is -1.41. The third-order valence-corrected chi connectivity index (χ3v) is 4.91. The molecule has 2 N–H and O–H groups in total. The highest BCUT2D eigenvalue weighted by Crippen LogP contribution is 2.44. The van der Waals surface area contributed by atoms with E-state index in [0.717, 1.165) is 12.1 Å². The molecule has 0 heterocycles. The molecule has 3 aromatic carbocycles. The van der Waals surface area contributed by atoms with Crippen LogP contribution >= 0.6 is 23.2 Å². The van der Waals surface area contributed by atoms with Gasteiger partial charge < -0.3 is 15.2 Å². The third kappa shape index (κ3) is 4.47. The molecule has 0 unspecified atom stereocenters. The maximum absolute atomic E-state index is 15.3. The maximum Gasteiger partial charge on any atom is 0.336 e. The zero-order valence-electron chi connectivity index (χ0n) is 16.0. The number of benzene rings is 3. The van der Waals surface area contributed by atoms with Crippen molar-refractivity contribution in [3.8, 4) is 16.9 Å². The molecule has 0 fully saturated rings. The molecule has 1 amide bonds. The van der Waals surface area contributed by atoms with Crippen molar-refractivity contribution in [2.24, 2.45) is 0 Å². The third-order valence-electron chi connectivity index (χ3n) is 4.32. The Morgan fingerprint density at radius 2 is 1.71 bits per heavy atom. The normalized spacial score (nSPS) is 10.6. The van der Waals surface area contributed by atoms with E-state index in [-0.39, 0.29) is 34.1 Å². The fourth-order valence-electron chi connectivity index (χ4n) is 2.96. The van der Waals surface area contributed by atoms with Crippen LogP contribution < -0.4 is 10.1 Å². The second-order valence-electron chi connectivity index (χ2n) is 6.27. The van der Waals surface area contributed by atoms with Crippen molar-refractivity contribution in [2.75, 3.05) is 11.9 Å². The molecule has 0 aliphatic heterocycles. The van der Waals surface area contributed by atoms with E-state index in [1.165, 1.54) is 6.07 Å². The van der Waals surface area contributed by atoms with E-state index in [1.54, 1.807) is 37.3 Å². The van der Waals surface area contributed by atoms with E-state index in [0.29, 0.717) is 5.56 Å². The minimum Gasteiger partial charge on any atom is -0.490 e. The average Bonchev–Trinajstić information content (AvgIpc) is 2.75. The van der Waals surface area contributed by atoms with E-state index < -0.39 is 34.2 Å². The summed E-state index contributed by atoms with van der Waals surface area (Å²) in [6.07, 6.45) is 0. The van der Waals surface area contributed by atoms with Crippen molar-refractivity contribution < 1.29 is 28.2 Å². The number of nitrogens with one attached hydrogen (secondary N) is 1. The van der Waals surface area contributed by atoms with Crippen LogP contribution in [0.2, 0.25) is 10.0 Å². The van der Waals surface area contributed by atoms with Crippen molar-refractivity contribution in [1.29, 1.82) is 0 Å². The molecular weight excluding hydrogens is 451 g/mol. The molecule has 0 radical (unpaired) electrons. The Bertz CT molecular complexity index is 1170. The second-order valence-corrected chi connectivity index (χ2v) is 7.08. The lowest BCUT2D eigenvalue weighted by molar-refractivity contribution is 0.0692. The molecule has 5 nitrogen and oxygen atoms in total. The fraction of sp³-hybridized carbons (Fsp3) is 0.0909. The summed E-state index contributed by atoms with van der Waals surface area (Å²) < 4.78 is 35.7. The Balaban J connectivity index is 2.14. The quantitative estimate of drug-likeness (QED) is 0.419. The summed E-state index contributed by atoms with van der Waals surface area (Å²) >= 11 is 12.0. The molecule has 160 valence electrons. The van der Waals surface area contributed by atoms with Gasteiger partial charge in [-0.15, -0.1) is 0 Å². The van der Waals surface area contributed by atoms with E-state index in [4.69, 9.17) is 27.9 Å². The van der Waals surface area contributed by atoms with Crippen molar-refractivity contribution in [1.82, 2.24) is 0 Å². The number of anilines is 1. The first-order valence-corrected chi connectivity index (χ1v) is 9.74. The lowest BCUT2D eigenvalue weighted by Gasteiger charge is -2.18. The topological polar surface area (TPSA) is 75.6 Å². The highest BCUT2D eigenvalue weighted by molar-refractivity contribution is 6.34. The SMILES string of the molecule is CCOc1c(F)c(NC(=O)c2cc(Cl)ccc2C(=O)O)c(F)c(Cl)c1-c1ccccc1. The monoisotopic (exact) mass is 465 g/mol. The van der Waals surface area contributed by atoms with Crippen LogP contribution in [0.15, 0.2) is 48.5 Å². The smallest absolute Gasteiger partial charge is 0.336 e. The predicted octanol–water partition coefficient (Wildman–Crippen LogP) is 6.29. The van der Waals surface area contributed by atoms with Crippen LogP contribution in [-0.4, -0.2) is 23.6 Å². The summed E-state index contributed by atoms with van der Waals surface area (Å²) in [6.45, 7) is 1.65. The second kappa shape index (κ2) is 9.32. The number of halogens is 4. The highest BCUT2D eigenvalue weighted by atomic mass is 35.5. The first kappa shape index (κ1) is 22.5. The van der Waals surface area contributed by atoms with Crippen LogP contribution in [0.1, 0.15) is 27.6 Å². The van der Waals surface area contributed by atoms with Gasteiger partial charge in [0.05, 0.1) is 22.8 Å². The van der Waals surface area contributed by atoms with Crippen LogP contribution in [0.3, 0.4) is 0 Å². The first-order chi connectivity index (χ1) is 14.8. The standard InChI is InChI=1S/C22H15Cl2F2NO4/c1-2-31-20-15(11-6-4-3-5-7-11)16(24)17(25)19(18(20)26)27-21(28)14-10-12(23)8-9-13(14)22(29)30/h3-10H,2H2,1H3,(H,27,28)(H,29,30). The molecule has 0 aliphatic carbocycles. The Morgan fingerprint density at radius 3 is 2.32 bits per heavy atom. The molecule has 0 aliphatic rings. The maximum atomic E-state index is 15.3. The number of carboxylic acid groups (broad SMARTS) is 1. The number of hydrogen-bond donors (Lipinski definition) is 2. The molecule has 0 bridgehead atoms. The molecule has 0 saturated heterocycles. The van der Waals surface area contributed by atoms with Gasteiger partial charge in [-0.2, -0.15) is 0 Å². The van der Waals surface area contributed by atoms with Gasteiger partial charge in [0.25, 0.3) is 5.91 Å². The summed E-state index contributed by atoms with van der Waals surface area (Å²) in [6, 6.07) is 11.7. The Hall–Kier alpha value is -3.16. The molecule has 0 atom stereocenters. The van der Waals surface area contributed by atoms with Gasteiger partial charge in [-0.25, -0.2) is 13.6 Å². The van der Waals surface area contributed by atoms with Gasteiger partial charge in [0.1, 0.15) is 5.69 Å². The van der Waals surface area contributed by atoms with Crippen molar-refractivity contribution in [3.05, 3.63) is 81.3 Å². The van der Waals surface area contributed by atoms with Crippen molar-refractivity contribution >= 4 is 40.8 Å². The number of rotatable bonds is 6. The van der Waals surface area contributed by atoms with Crippen LogP contribution in [0.25, 0.3) is 11.1 Å². The van der Waals surface area contributed by atoms with Gasteiger partial charge >= 0.3 is 5.97 Å². The summed E-state index contributed by atoms with van der Waals surface area (Å²) in [4.78, 5) is 24.1. The molecule has 3 rings (SSSR count). The molecule has 9 heteroatoms. The lowest BCUT2D eigenvalue weighted by atomic mass is 10.0. The summed E-state index contributed by atoms with van der Waals surface area (Å²) in [5.41, 5.74) is -1.23. The number of ether oxygens (including phenoxy) is 1.